The van der Waals surface area contributed by atoms with Crippen LogP contribution in [-0.2, 0) is 10.1 Å². The number of rotatable bonds is 18. The third-order valence-electron chi connectivity index (χ3n) is 4.99. The Morgan fingerprint density at radius 1 is 0.640 bits per heavy atom. The molecule has 0 saturated heterocycles. The van der Waals surface area contributed by atoms with Gasteiger partial charge in [0.15, 0.2) is 0 Å². The SMILES string of the molecule is CCCCCCCCCCC(CCCCCC(O)CCC)S(=O)(=O)O. The van der Waals surface area contributed by atoms with E-state index in [1.807, 2.05) is 0 Å². The molecule has 0 heterocycles. The van der Waals surface area contributed by atoms with Gasteiger partial charge in [0.05, 0.1) is 11.4 Å². The van der Waals surface area contributed by atoms with E-state index in [0.717, 1.165) is 57.8 Å². The summed E-state index contributed by atoms with van der Waals surface area (Å²) in [6, 6.07) is 0. The summed E-state index contributed by atoms with van der Waals surface area (Å²) in [6.45, 7) is 4.27. The van der Waals surface area contributed by atoms with Crippen molar-refractivity contribution in [3.8, 4) is 0 Å². The van der Waals surface area contributed by atoms with Gasteiger partial charge >= 0.3 is 0 Å². The Morgan fingerprint density at radius 2 is 1.08 bits per heavy atom. The van der Waals surface area contributed by atoms with Crippen molar-refractivity contribution in [2.24, 2.45) is 0 Å². The maximum Gasteiger partial charge on any atom is 0.267 e. The number of aliphatic hydroxyl groups is 1. The first-order valence-electron chi connectivity index (χ1n) is 10.6. The molecule has 0 saturated carbocycles. The second-order valence-electron chi connectivity index (χ2n) is 7.48. The minimum absolute atomic E-state index is 0.223. The molecule has 0 aromatic heterocycles. The van der Waals surface area contributed by atoms with Gasteiger partial charge in [-0.25, -0.2) is 0 Å². The predicted molar refractivity (Wildman–Crippen MR) is 107 cm³/mol. The van der Waals surface area contributed by atoms with Crippen LogP contribution < -0.4 is 0 Å². The van der Waals surface area contributed by atoms with Crippen molar-refractivity contribution >= 4 is 10.1 Å². The van der Waals surface area contributed by atoms with Crippen molar-refractivity contribution in [2.75, 3.05) is 0 Å². The lowest BCUT2D eigenvalue weighted by atomic mass is 10.0. The zero-order valence-corrected chi connectivity index (χ0v) is 17.4. The number of hydrogen-bond donors (Lipinski definition) is 2. The summed E-state index contributed by atoms with van der Waals surface area (Å²) in [7, 11) is -3.93. The molecule has 0 bridgehead atoms. The number of aliphatic hydroxyl groups excluding tert-OH is 1. The minimum atomic E-state index is -3.93. The zero-order valence-electron chi connectivity index (χ0n) is 16.6. The van der Waals surface area contributed by atoms with E-state index in [0.29, 0.717) is 12.8 Å². The maximum absolute atomic E-state index is 11.5. The summed E-state index contributed by atoms with van der Waals surface area (Å²) in [5.74, 6) is 0. The van der Waals surface area contributed by atoms with Crippen molar-refractivity contribution in [2.45, 2.75) is 128 Å². The van der Waals surface area contributed by atoms with Crippen LogP contribution in [0.2, 0.25) is 0 Å². The molecule has 0 fully saturated rings. The highest BCUT2D eigenvalue weighted by Gasteiger charge is 2.21. The minimum Gasteiger partial charge on any atom is -0.393 e. The summed E-state index contributed by atoms with van der Waals surface area (Å²) in [6.07, 6.45) is 15.7. The highest BCUT2D eigenvalue weighted by molar-refractivity contribution is 7.86. The lowest BCUT2D eigenvalue weighted by Gasteiger charge is -2.14. The van der Waals surface area contributed by atoms with E-state index in [4.69, 9.17) is 0 Å². The van der Waals surface area contributed by atoms with Gasteiger partial charge in [0.25, 0.3) is 10.1 Å². The molecule has 2 unspecified atom stereocenters. The lowest BCUT2D eigenvalue weighted by Crippen LogP contribution is -2.20. The molecule has 0 aromatic rings. The van der Waals surface area contributed by atoms with E-state index in [9.17, 15) is 18.1 Å². The van der Waals surface area contributed by atoms with Crippen LogP contribution in [0.5, 0.6) is 0 Å². The molecule has 2 N–H and O–H groups in total. The molecule has 2 atom stereocenters. The van der Waals surface area contributed by atoms with Crippen molar-refractivity contribution in [1.82, 2.24) is 0 Å². The van der Waals surface area contributed by atoms with Gasteiger partial charge < -0.3 is 5.11 Å². The highest BCUT2D eigenvalue weighted by atomic mass is 32.2. The molecule has 25 heavy (non-hydrogen) atoms. The van der Waals surface area contributed by atoms with Crippen LogP contribution >= 0.6 is 0 Å². The van der Waals surface area contributed by atoms with Gasteiger partial charge in [-0.1, -0.05) is 90.9 Å². The Balaban J connectivity index is 3.81. The fourth-order valence-corrected chi connectivity index (χ4v) is 4.28. The maximum atomic E-state index is 11.5. The number of hydrogen-bond acceptors (Lipinski definition) is 3. The molecule has 0 rings (SSSR count). The van der Waals surface area contributed by atoms with Gasteiger partial charge in [-0.05, 0) is 25.7 Å². The highest BCUT2D eigenvalue weighted by Crippen LogP contribution is 2.19. The van der Waals surface area contributed by atoms with Crippen LogP contribution in [0.25, 0.3) is 0 Å². The van der Waals surface area contributed by atoms with Crippen molar-refractivity contribution in [3.63, 3.8) is 0 Å². The first-order valence-corrected chi connectivity index (χ1v) is 12.1. The largest absolute Gasteiger partial charge is 0.393 e. The summed E-state index contributed by atoms with van der Waals surface area (Å²) < 4.78 is 32.5. The second kappa shape index (κ2) is 16.1. The molecular formula is C20H42O4S. The lowest BCUT2D eigenvalue weighted by molar-refractivity contribution is 0.150. The van der Waals surface area contributed by atoms with Crippen LogP contribution in [0.3, 0.4) is 0 Å². The molecule has 0 aliphatic heterocycles. The summed E-state index contributed by atoms with van der Waals surface area (Å²) >= 11 is 0. The molecule has 0 radical (unpaired) electrons. The summed E-state index contributed by atoms with van der Waals surface area (Å²) in [5.41, 5.74) is 0. The Kier molecular flexibility index (Phi) is 16.0. The zero-order chi connectivity index (χ0) is 19.0. The van der Waals surface area contributed by atoms with Crippen molar-refractivity contribution in [3.05, 3.63) is 0 Å². The standard InChI is InChI=1S/C20H42O4S/c1-3-5-6-7-8-9-10-13-17-20(25(22,23)24)18-14-11-12-16-19(21)15-4-2/h19-21H,3-18H2,1-2H3,(H,22,23,24). The van der Waals surface area contributed by atoms with Gasteiger partial charge in [0.2, 0.25) is 0 Å². The van der Waals surface area contributed by atoms with E-state index in [1.165, 1.54) is 32.1 Å². The average molecular weight is 379 g/mol. The molecule has 0 aliphatic carbocycles. The van der Waals surface area contributed by atoms with E-state index >= 15 is 0 Å². The molecule has 0 spiro atoms. The third-order valence-corrected chi connectivity index (χ3v) is 6.30. The normalized spacial score (nSPS) is 14.6. The molecule has 0 aliphatic rings. The van der Waals surface area contributed by atoms with Crippen LogP contribution in [0, 0.1) is 0 Å². The topological polar surface area (TPSA) is 74.6 Å². The van der Waals surface area contributed by atoms with Gasteiger partial charge in [-0.2, -0.15) is 8.42 Å². The fraction of sp³-hybridized carbons (Fsp3) is 1.00. The van der Waals surface area contributed by atoms with Crippen LogP contribution in [-0.4, -0.2) is 29.4 Å². The van der Waals surface area contributed by atoms with Gasteiger partial charge in [0, 0.05) is 0 Å². The average Bonchev–Trinajstić information content (AvgIpc) is 2.54. The first kappa shape index (κ1) is 24.9. The third kappa shape index (κ3) is 15.8. The van der Waals surface area contributed by atoms with Crippen LogP contribution in [0.4, 0.5) is 0 Å². The van der Waals surface area contributed by atoms with E-state index in [1.54, 1.807) is 0 Å². The van der Waals surface area contributed by atoms with E-state index in [-0.39, 0.29) is 6.10 Å². The van der Waals surface area contributed by atoms with Gasteiger partial charge in [-0.15, -0.1) is 0 Å². The molecule has 4 nitrogen and oxygen atoms in total. The summed E-state index contributed by atoms with van der Waals surface area (Å²) in [4.78, 5) is 0. The van der Waals surface area contributed by atoms with E-state index in [2.05, 4.69) is 13.8 Å². The van der Waals surface area contributed by atoms with Crippen molar-refractivity contribution in [1.29, 1.82) is 0 Å². The Bertz CT molecular complexity index is 381. The molecular weight excluding hydrogens is 336 g/mol. The van der Waals surface area contributed by atoms with Crippen LogP contribution in [0.15, 0.2) is 0 Å². The predicted octanol–water partition coefficient (Wildman–Crippen LogP) is 5.89. The van der Waals surface area contributed by atoms with Crippen molar-refractivity contribution < 1.29 is 18.1 Å². The fourth-order valence-electron chi connectivity index (χ4n) is 3.35. The number of unbranched alkanes of at least 4 members (excludes halogenated alkanes) is 9. The van der Waals surface area contributed by atoms with Gasteiger partial charge in [-0.3, -0.25) is 4.55 Å². The quantitative estimate of drug-likeness (QED) is 0.230. The summed E-state index contributed by atoms with van der Waals surface area (Å²) in [5, 5.41) is 9.08. The first-order chi connectivity index (χ1) is 11.9. The monoisotopic (exact) mass is 378 g/mol. The Hall–Kier alpha value is -0.130. The second-order valence-corrected chi connectivity index (χ2v) is 9.18. The smallest absolute Gasteiger partial charge is 0.267 e. The Labute approximate surface area is 156 Å². The van der Waals surface area contributed by atoms with Gasteiger partial charge in [0.1, 0.15) is 0 Å². The molecule has 152 valence electrons. The molecule has 0 aromatic carbocycles. The Morgan fingerprint density at radius 3 is 1.56 bits per heavy atom. The van der Waals surface area contributed by atoms with E-state index < -0.39 is 15.4 Å². The van der Waals surface area contributed by atoms with Crippen LogP contribution in [0.1, 0.15) is 117 Å². The molecule has 0 amide bonds. The molecule has 5 heteroatoms.